The molecular weight excluding hydrogens is 284 g/mol. The van der Waals surface area contributed by atoms with E-state index in [1.54, 1.807) is 0 Å². The number of halogens is 2. The summed E-state index contributed by atoms with van der Waals surface area (Å²) in [6.07, 6.45) is 1.89. The number of carbonyl (C=O) groups excluding carboxylic acids is 1. The van der Waals surface area contributed by atoms with Crippen LogP contribution >= 0.6 is 0 Å². The Morgan fingerprint density at radius 1 is 1.32 bits per heavy atom. The molecule has 0 aromatic rings. The maximum Gasteiger partial charge on any atom is 0.465 e. The predicted molar refractivity (Wildman–Crippen MR) is 60.2 cm³/mol. The van der Waals surface area contributed by atoms with Crippen LogP contribution in [0.5, 0.6) is 0 Å². The minimum absolute atomic E-state index is 0.163. The Labute approximate surface area is 109 Å². The molecule has 2 aliphatic rings. The van der Waals surface area contributed by atoms with E-state index in [4.69, 9.17) is 4.55 Å². The molecule has 1 N–H and O–H groups in total. The molecule has 0 radical (unpaired) electrons. The van der Waals surface area contributed by atoms with Gasteiger partial charge in [-0.25, -0.2) is 4.79 Å². The van der Waals surface area contributed by atoms with Gasteiger partial charge in [-0.2, -0.15) is 17.2 Å². The quantitative estimate of drug-likeness (QED) is 0.608. The minimum Gasteiger partial charge on any atom is -0.457 e. The molecular formula is C10H15F2NO5S. The van der Waals surface area contributed by atoms with Gasteiger partial charge < -0.3 is 9.64 Å². The SMILES string of the molecule is CN1C2CCC1CC(OC(=O)C(F)(F)S(=O)(=O)O)C2. The van der Waals surface area contributed by atoms with Gasteiger partial charge in [0, 0.05) is 12.1 Å². The zero-order chi connectivity index (χ0) is 14.4. The van der Waals surface area contributed by atoms with Gasteiger partial charge in [-0.05, 0) is 32.7 Å². The summed E-state index contributed by atoms with van der Waals surface area (Å²) in [7, 11) is -3.87. The van der Waals surface area contributed by atoms with Gasteiger partial charge in [-0.1, -0.05) is 0 Å². The highest BCUT2D eigenvalue weighted by Gasteiger charge is 2.55. The largest absolute Gasteiger partial charge is 0.465 e. The molecule has 2 unspecified atom stereocenters. The van der Waals surface area contributed by atoms with Crippen LogP contribution in [-0.4, -0.2) is 54.3 Å². The number of nitrogens with zero attached hydrogens (tertiary/aromatic N) is 1. The first-order chi connectivity index (χ1) is 8.63. The molecule has 0 aromatic carbocycles. The van der Waals surface area contributed by atoms with Crippen LogP contribution in [0, 0.1) is 0 Å². The van der Waals surface area contributed by atoms with E-state index in [0.29, 0.717) is 12.8 Å². The number of fused-ring (bicyclic) bond motifs is 2. The Bertz CT molecular complexity index is 466. The number of esters is 1. The van der Waals surface area contributed by atoms with Crippen molar-refractivity contribution in [2.75, 3.05) is 7.05 Å². The predicted octanol–water partition coefficient (Wildman–Crippen LogP) is 0.635. The van der Waals surface area contributed by atoms with E-state index in [-0.39, 0.29) is 12.1 Å². The van der Waals surface area contributed by atoms with Crippen LogP contribution in [0.3, 0.4) is 0 Å². The van der Waals surface area contributed by atoms with E-state index in [2.05, 4.69) is 9.64 Å². The van der Waals surface area contributed by atoms with Crippen LogP contribution in [-0.2, 0) is 19.6 Å². The Balaban J connectivity index is 2.02. The third-order valence-electron chi connectivity index (χ3n) is 3.89. The number of carbonyl (C=O) groups is 1. The van der Waals surface area contributed by atoms with Crippen molar-refractivity contribution in [2.24, 2.45) is 0 Å². The van der Waals surface area contributed by atoms with Gasteiger partial charge in [-0.3, -0.25) is 4.55 Å². The Morgan fingerprint density at radius 2 is 1.79 bits per heavy atom. The maximum absolute atomic E-state index is 13.0. The number of ether oxygens (including phenoxy) is 1. The highest BCUT2D eigenvalue weighted by Crippen LogP contribution is 2.36. The van der Waals surface area contributed by atoms with E-state index >= 15 is 0 Å². The molecule has 0 saturated carbocycles. The van der Waals surface area contributed by atoms with Crippen LogP contribution in [0.25, 0.3) is 0 Å². The second-order valence-corrected chi connectivity index (χ2v) is 6.50. The monoisotopic (exact) mass is 299 g/mol. The lowest BCUT2D eigenvalue weighted by molar-refractivity contribution is -0.170. The van der Waals surface area contributed by atoms with Crippen molar-refractivity contribution in [3.8, 4) is 0 Å². The van der Waals surface area contributed by atoms with Crippen molar-refractivity contribution in [2.45, 2.75) is 49.1 Å². The molecule has 2 fully saturated rings. The van der Waals surface area contributed by atoms with Crippen molar-refractivity contribution in [3.63, 3.8) is 0 Å². The molecule has 2 rings (SSSR count). The van der Waals surface area contributed by atoms with Gasteiger partial charge in [0.05, 0.1) is 0 Å². The molecule has 110 valence electrons. The summed E-state index contributed by atoms with van der Waals surface area (Å²) >= 11 is 0. The molecule has 2 bridgehead atoms. The van der Waals surface area contributed by atoms with E-state index in [9.17, 15) is 22.0 Å². The lowest BCUT2D eigenvalue weighted by Crippen LogP contribution is -2.46. The average molecular weight is 299 g/mol. The van der Waals surface area contributed by atoms with Crippen molar-refractivity contribution in [1.82, 2.24) is 4.90 Å². The van der Waals surface area contributed by atoms with Crippen LogP contribution in [0.2, 0.25) is 0 Å². The molecule has 2 aliphatic heterocycles. The first-order valence-corrected chi connectivity index (χ1v) is 7.35. The molecule has 0 aromatic heterocycles. The van der Waals surface area contributed by atoms with Gasteiger partial charge in [-0.15, -0.1) is 0 Å². The summed E-state index contributed by atoms with van der Waals surface area (Å²) in [5.41, 5.74) is 0. The van der Waals surface area contributed by atoms with Crippen molar-refractivity contribution < 1.29 is 31.3 Å². The summed E-state index contributed by atoms with van der Waals surface area (Å²) < 4.78 is 59.8. The van der Waals surface area contributed by atoms with Crippen LogP contribution in [0.1, 0.15) is 25.7 Å². The third-order valence-corrected chi connectivity index (χ3v) is 4.70. The zero-order valence-electron chi connectivity index (χ0n) is 10.3. The summed E-state index contributed by atoms with van der Waals surface area (Å²) in [4.78, 5) is 13.3. The Morgan fingerprint density at radius 3 is 2.21 bits per heavy atom. The summed E-state index contributed by atoms with van der Waals surface area (Å²) in [6.45, 7) is 0. The van der Waals surface area contributed by atoms with Crippen LogP contribution in [0.4, 0.5) is 8.78 Å². The molecule has 0 aliphatic carbocycles. The fraction of sp³-hybridized carbons (Fsp3) is 0.900. The number of alkyl halides is 2. The molecule has 0 amide bonds. The van der Waals surface area contributed by atoms with E-state index in [1.807, 2.05) is 7.05 Å². The summed E-state index contributed by atoms with van der Waals surface area (Å²) in [5, 5.41) is -4.91. The van der Waals surface area contributed by atoms with E-state index in [0.717, 1.165) is 12.8 Å². The smallest absolute Gasteiger partial charge is 0.457 e. The highest BCUT2D eigenvalue weighted by atomic mass is 32.2. The maximum atomic E-state index is 13.0. The van der Waals surface area contributed by atoms with E-state index in [1.165, 1.54) is 0 Å². The molecule has 6 nitrogen and oxygen atoms in total. The molecule has 0 spiro atoms. The Hall–Kier alpha value is -0.800. The van der Waals surface area contributed by atoms with Gasteiger partial charge in [0.1, 0.15) is 6.10 Å². The van der Waals surface area contributed by atoms with Gasteiger partial charge in [0.15, 0.2) is 0 Å². The minimum atomic E-state index is -5.79. The molecule has 2 saturated heterocycles. The second kappa shape index (κ2) is 4.64. The third kappa shape index (κ3) is 2.59. The zero-order valence-corrected chi connectivity index (χ0v) is 11.1. The summed E-state index contributed by atoms with van der Waals surface area (Å²) in [5.74, 6) is -2.20. The summed E-state index contributed by atoms with van der Waals surface area (Å²) in [6, 6.07) is 0.326. The lowest BCUT2D eigenvalue weighted by Gasteiger charge is -2.36. The van der Waals surface area contributed by atoms with Crippen molar-refractivity contribution >= 4 is 16.1 Å². The highest BCUT2D eigenvalue weighted by molar-refractivity contribution is 7.87. The standard InChI is InChI=1S/C10H15F2NO5S/c1-13-6-2-3-7(13)5-8(4-6)18-9(14)10(11,12)19(15,16)17/h6-8H,2-5H2,1H3,(H,15,16,17). The first kappa shape index (κ1) is 14.6. The van der Waals surface area contributed by atoms with Crippen molar-refractivity contribution in [1.29, 1.82) is 0 Å². The van der Waals surface area contributed by atoms with Gasteiger partial charge in [0.2, 0.25) is 0 Å². The van der Waals surface area contributed by atoms with Crippen LogP contribution in [0.15, 0.2) is 0 Å². The number of hydrogen-bond donors (Lipinski definition) is 1. The average Bonchev–Trinajstić information content (AvgIpc) is 2.50. The fourth-order valence-corrected chi connectivity index (χ4v) is 3.04. The molecule has 2 heterocycles. The fourth-order valence-electron chi connectivity index (χ4n) is 2.78. The normalized spacial score (nSPS) is 32.3. The van der Waals surface area contributed by atoms with Gasteiger partial charge >= 0.3 is 21.3 Å². The number of rotatable bonds is 3. The Kier molecular flexibility index (Phi) is 3.56. The van der Waals surface area contributed by atoms with Gasteiger partial charge in [0.25, 0.3) is 0 Å². The topological polar surface area (TPSA) is 83.9 Å². The van der Waals surface area contributed by atoms with E-state index < -0.39 is 27.4 Å². The first-order valence-electron chi connectivity index (χ1n) is 5.91. The molecule has 19 heavy (non-hydrogen) atoms. The molecule has 9 heteroatoms. The second-order valence-electron chi connectivity index (χ2n) is 5.04. The van der Waals surface area contributed by atoms with Crippen LogP contribution < -0.4 is 0 Å². The molecule has 2 atom stereocenters. The van der Waals surface area contributed by atoms with Crippen molar-refractivity contribution in [3.05, 3.63) is 0 Å². The lowest BCUT2D eigenvalue weighted by atomic mass is 10.0. The number of hydrogen-bond acceptors (Lipinski definition) is 5. The number of piperidine rings is 1.